The first-order valence-corrected chi connectivity index (χ1v) is 12.7. The van der Waals surface area contributed by atoms with Gasteiger partial charge in [0, 0.05) is 22.6 Å². The summed E-state index contributed by atoms with van der Waals surface area (Å²) < 4.78 is 83.7. The Kier molecular flexibility index (Phi) is 7.49. The van der Waals surface area contributed by atoms with Crippen molar-refractivity contribution in [2.24, 2.45) is 0 Å². The van der Waals surface area contributed by atoms with Crippen molar-refractivity contribution >= 4 is 0 Å². The van der Waals surface area contributed by atoms with Crippen molar-refractivity contribution in [1.29, 1.82) is 0 Å². The van der Waals surface area contributed by atoms with Crippen LogP contribution in [0.2, 0.25) is 0 Å². The zero-order valence-corrected chi connectivity index (χ0v) is 20.8. The van der Waals surface area contributed by atoms with Gasteiger partial charge in [-0.2, -0.15) is 13.2 Å². The standard InChI is InChI=1S/C31H25F6NO/c32-23-13-7-18(8-14-23)26-25(17-39)29(21-9-15-24(33)16-10-21)38-30(20-3-1-2-4-20)27(26)28(34)19-5-11-22(12-6-19)31(35,36)37/h5-16,20,28,39H,1-4,17H2. The highest BCUT2D eigenvalue weighted by Crippen LogP contribution is 2.47. The molecular weight excluding hydrogens is 516 g/mol. The van der Waals surface area contributed by atoms with Gasteiger partial charge in [-0.05, 0) is 78.1 Å². The maximum atomic E-state index is 16.6. The molecule has 0 radical (unpaired) electrons. The minimum atomic E-state index is -4.57. The van der Waals surface area contributed by atoms with Crippen molar-refractivity contribution in [1.82, 2.24) is 4.98 Å². The summed E-state index contributed by atoms with van der Waals surface area (Å²) in [4.78, 5) is 4.86. The first kappa shape index (κ1) is 26.9. The largest absolute Gasteiger partial charge is 0.416 e. The molecule has 3 aromatic carbocycles. The monoisotopic (exact) mass is 541 g/mol. The molecule has 2 nitrogen and oxygen atoms in total. The van der Waals surface area contributed by atoms with E-state index in [2.05, 4.69) is 0 Å². The van der Waals surface area contributed by atoms with Gasteiger partial charge in [0.25, 0.3) is 0 Å². The third-order valence-electron chi connectivity index (χ3n) is 7.30. The molecule has 1 unspecified atom stereocenters. The quantitative estimate of drug-likeness (QED) is 0.247. The Morgan fingerprint density at radius 3 is 1.85 bits per heavy atom. The number of aliphatic hydroxyl groups excluding tert-OH is 1. The first-order chi connectivity index (χ1) is 18.7. The maximum absolute atomic E-state index is 16.6. The maximum Gasteiger partial charge on any atom is 0.416 e. The Labute approximate surface area is 222 Å². The summed E-state index contributed by atoms with van der Waals surface area (Å²) in [6, 6.07) is 14.8. The van der Waals surface area contributed by atoms with Crippen LogP contribution in [-0.4, -0.2) is 10.1 Å². The van der Waals surface area contributed by atoms with Gasteiger partial charge in [0.2, 0.25) is 0 Å². The van der Waals surface area contributed by atoms with Crippen LogP contribution in [0.1, 0.15) is 65.7 Å². The zero-order valence-electron chi connectivity index (χ0n) is 20.8. The molecule has 1 aliphatic carbocycles. The minimum absolute atomic E-state index is 0.00540. The Morgan fingerprint density at radius 1 is 0.795 bits per heavy atom. The molecule has 0 bridgehead atoms. The third kappa shape index (κ3) is 5.43. The molecule has 8 heteroatoms. The lowest BCUT2D eigenvalue weighted by Gasteiger charge is -2.26. The van der Waals surface area contributed by atoms with E-state index in [1.165, 1.54) is 48.5 Å². The Bertz CT molecular complexity index is 1440. The van der Waals surface area contributed by atoms with Crippen molar-refractivity contribution in [3.63, 3.8) is 0 Å². The van der Waals surface area contributed by atoms with Gasteiger partial charge >= 0.3 is 6.18 Å². The van der Waals surface area contributed by atoms with Crippen molar-refractivity contribution in [3.8, 4) is 22.4 Å². The van der Waals surface area contributed by atoms with E-state index < -0.39 is 36.2 Å². The number of hydrogen-bond donors (Lipinski definition) is 1. The molecule has 1 heterocycles. The summed E-state index contributed by atoms with van der Waals surface area (Å²) in [6.45, 7) is -0.551. The van der Waals surface area contributed by atoms with E-state index in [0.717, 1.165) is 49.9 Å². The molecule has 0 aliphatic heterocycles. The van der Waals surface area contributed by atoms with E-state index in [-0.39, 0.29) is 22.6 Å². The molecule has 1 atom stereocenters. The van der Waals surface area contributed by atoms with Gasteiger partial charge in [0.05, 0.1) is 23.6 Å². The van der Waals surface area contributed by atoms with Crippen molar-refractivity contribution in [2.75, 3.05) is 0 Å². The number of nitrogens with zero attached hydrogens (tertiary/aromatic N) is 1. The zero-order chi connectivity index (χ0) is 27.7. The fourth-order valence-electron chi connectivity index (χ4n) is 5.38. The van der Waals surface area contributed by atoms with E-state index in [0.29, 0.717) is 28.1 Å². The number of halogens is 6. The molecule has 1 aromatic heterocycles. The van der Waals surface area contributed by atoms with Crippen LogP contribution >= 0.6 is 0 Å². The molecule has 4 aromatic rings. The topological polar surface area (TPSA) is 33.1 Å². The SMILES string of the molecule is OCc1c(-c2ccc(F)cc2)nc(C2CCCC2)c(C(F)c2ccc(C(F)(F)F)cc2)c1-c1ccc(F)cc1. The van der Waals surface area contributed by atoms with Crippen molar-refractivity contribution in [3.05, 3.63) is 112 Å². The predicted octanol–water partition coefficient (Wildman–Crippen LogP) is 8.92. The van der Waals surface area contributed by atoms with Crippen LogP contribution in [0.4, 0.5) is 26.3 Å². The number of pyridine rings is 1. The second kappa shape index (κ2) is 10.8. The average Bonchev–Trinajstić information content (AvgIpc) is 3.47. The van der Waals surface area contributed by atoms with Crippen LogP contribution < -0.4 is 0 Å². The summed E-state index contributed by atoms with van der Waals surface area (Å²) in [7, 11) is 0. The fourth-order valence-corrected chi connectivity index (χ4v) is 5.38. The van der Waals surface area contributed by atoms with Gasteiger partial charge in [0.15, 0.2) is 6.17 Å². The third-order valence-corrected chi connectivity index (χ3v) is 7.30. The van der Waals surface area contributed by atoms with E-state index in [4.69, 9.17) is 4.98 Å². The van der Waals surface area contributed by atoms with Gasteiger partial charge in [-0.15, -0.1) is 0 Å². The molecule has 1 aliphatic rings. The Hall–Kier alpha value is -3.65. The summed E-state index contributed by atoms with van der Waals surface area (Å²) in [5.41, 5.74) is 1.55. The van der Waals surface area contributed by atoms with Crippen LogP contribution in [-0.2, 0) is 12.8 Å². The fraction of sp³-hybridized carbons (Fsp3) is 0.258. The van der Waals surface area contributed by atoms with Gasteiger partial charge in [-0.3, -0.25) is 4.98 Å². The van der Waals surface area contributed by atoms with Crippen molar-refractivity contribution in [2.45, 2.75) is 50.6 Å². The number of aliphatic hydroxyl groups is 1. The Morgan fingerprint density at radius 2 is 1.33 bits per heavy atom. The highest BCUT2D eigenvalue weighted by atomic mass is 19.4. The van der Waals surface area contributed by atoms with Crippen LogP contribution in [0, 0.1) is 11.6 Å². The van der Waals surface area contributed by atoms with Gasteiger partial charge < -0.3 is 5.11 Å². The number of benzene rings is 3. The lowest BCUT2D eigenvalue weighted by Crippen LogP contribution is -2.13. The Balaban J connectivity index is 1.80. The summed E-state index contributed by atoms with van der Waals surface area (Å²) in [5.74, 6) is -1.09. The molecule has 1 N–H and O–H groups in total. The molecular formula is C31H25F6NO. The lowest BCUT2D eigenvalue weighted by molar-refractivity contribution is -0.137. The van der Waals surface area contributed by atoms with E-state index in [9.17, 15) is 27.1 Å². The molecule has 0 amide bonds. The first-order valence-electron chi connectivity index (χ1n) is 12.7. The number of alkyl halides is 4. The molecule has 0 spiro atoms. The minimum Gasteiger partial charge on any atom is -0.392 e. The normalized spacial score (nSPS) is 15.1. The molecule has 1 fully saturated rings. The van der Waals surface area contributed by atoms with Gasteiger partial charge in [-0.1, -0.05) is 37.1 Å². The van der Waals surface area contributed by atoms with E-state index in [1.54, 1.807) is 0 Å². The number of rotatable bonds is 6. The second-order valence-electron chi connectivity index (χ2n) is 9.75. The average molecular weight is 542 g/mol. The van der Waals surface area contributed by atoms with Crippen LogP contribution in [0.25, 0.3) is 22.4 Å². The summed E-state index contributed by atoms with van der Waals surface area (Å²) in [6.07, 6.45) is -3.15. The molecule has 5 rings (SSSR count). The molecule has 0 saturated heterocycles. The summed E-state index contributed by atoms with van der Waals surface area (Å²) >= 11 is 0. The molecule has 1 saturated carbocycles. The second-order valence-corrected chi connectivity index (χ2v) is 9.75. The smallest absolute Gasteiger partial charge is 0.392 e. The van der Waals surface area contributed by atoms with Crippen LogP contribution in [0.15, 0.2) is 72.8 Å². The van der Waals surface area contributed by atoms with Crippen LogP contribution in [0.3, 0.4) is 0 Å². The number of hydrogen-bond acceptors (Lipinski definition) is 2. The lowest BCUT2D eigenvalue weighted by atomic mass is 9.83. The highest BCUT2D eigenvalue weighted by molar-refractivity contribution is 5.80. The predicted molar refractivity (Wildman–Crippen MR) is 137 cm³/mol. The van der Waals surface area contributed by atoms with Crippen LogP contribution in [0.5, 0.6) is 0 Å². The van der Waals surface area contributed by atoms with Gasteiger partial charge in [-0.25, -0.2) is 13.2 Å². The number of aromatic nitrogens is 1. The highest BCUT2D eigenvalue weighted by Gasteiger charge is 2.34. The summed E-state index contributed by atoms with van der Waals surface area (Å²) in [5, 5.41) is 10.6. The van der Waals surface area contributed by atoms with E-state index >= 15 is 4.39 Å². The van der Waals surface area contributed by atoms with Gasteiger partial charge in [0.1, 0.15) is 11.6 Å². The molecule has 39 heavy (non-hydrogen) atoms. The molecule has 202 valence electrons. The van der Waals surface area contributed by atoms with Crippen molar-refractivity contribution < 1.29 is 31.4 Å². The van der Waals surface area contributed by atoms with E-state index in [1.807, 2.05) is 0 Å².